The summed E-state index contributed by atoms with van der Waals surface area (Å²) in [6.45, 7) is 3.26. The highest BCUT2D eigenvalue weighted by molar-refractivity contribution is 6.02. The predicted octanol–water partition coefficient (Wildman–Crippen LogP) is 1.11. The lowest BCUT2D eigenvalue weighted by molar-refractivity contribution is -0.127. The number of nitrogens with zero attached hydrogens (tertiary/aromatic N) is 3. The Bertz CT molecular complexity index is 1300. The number of amides is 2. The van der Waals surface area contributed by atoms with Crippen LogP contribution < -0.4 is 15.6 Å². The Labute approximate surface area is 189 Å². The van der Waals surface area contributed by atoms with Crippen LogP contribution in [-0.4, -0.2) is 63.1 Å². The van der Waals surface area contributed by atoms with Crippen LogP contribution in [0.25, 0.3) is 22.2 Å². The maximum atomic E-state index is 12.7. The standard InChI is InChI=1S/C22H27N5O6/c1-22(2,31)21-25-19(32-10-11-6-7-15(28)27(11)5)17(33-21)13-9-26(4)20(30)16-12(13)8-14(24-16)18(29)23-3/h8-9,11,24,31H,6-7,10H2,1-5H3,(H,23,29). The van der Waals surface area contributed by atoms with E-state index in [1.807, 2.05) is 0 Å². The number of aliphatic hydroxyl groups is 1. The smallest absolute Gasteiger partial charge is 0.274 e. The number of fused-ring (bicyclic) bond motifs is 1. The summed E-state index contributed by atoms with van der Waals surface area (Å²) in [5.41, 5.74) is -0.802. The van der Waals surface area contributed by atoms with Crippen LogP contribution in [0.2, 0.25) is 0 Å². The molecule has 0 aromatic carbocycles. The lowest BCUT2D eigenvalue weighted by atomic mass is 10.1. The first kappa shape index (κ1) is 22.6. The van der Waals surface area contributed by atoms with Gasteiger partial charge in [-0.3, -0.25) is 14.4 Å². The molecule has 3 aromatic heterocycles. The number of carbonyl (C=O) groups is 2. The van der Waals surface area contributed by atoms with Crippen LogP contribution in [0.1, 0.15) is 43.1 Å². The molecule has 33 heavy (non-hydrogen) atoms. The summed E-state index contributed by atoms with van der Waals surface area (Å²) in [6.07, 6.45) is 2.69. The third-order valence-corrected chi connectivity index (χ3v) is 5.85. The predicted molar refractivity (Wildman–Crippen MR) is 119 cm³/mol. The number of carbonyl (C=O) groups excluding carboxylic acids is 2. The summed E-state index contributed by atoms with van der Waals surface area (Å²) in [4.78, 5) is 45.6. The highest BCUT2D eigenvalue weighted by Crippen LogP contribution is 2.38. The van der Waals surface area contributed by atoms with Gasteiger partial charge in [-0.15, -0.1) is 0 Å². The summed E-state index contributed by atoms with van der Waals surface area (Å²) in [5.74, 6) is 0.0476. The maximum absolute atomic E-state index is 12.7. The second kappa shape index (κ2) is 8.07. The molecule has 0 radical (unpaired) electrons. The Morgan fingerprint density at radius 2 is 2.12 bits per heavy atom. The van der Waals surface area contributed by atoms with E-state index in [4.69, 9.17) is 9.15 Å². The first-order valence-corrected chi connectivity index (χ1v) is 10.6. The van der Waals surface area contributed by atoms with E-state index in [2.05, 4.69) is 15.3 Å². The van der Waals surface area contributed by atoms with Gasteiger partial charge in [0.2, 0.25) is 17.6 Å². The second-order valence-electron chi connectivity index (χ2n) is 8.73. The lowest BCUT2D eigenvalue weighted by Gasteiger charge is -2.19. The number of nitrogens with one attached hydrogen (secondary N) is 2. The van der Waals surface area contributed by atoms with Crippen LogP contribution >= 0.6 is 0 Å². The van der Waals surface area contributed by atoms with Crippen molar-refractivity contribution in [3.8, 4) is 17.2 Å². The quantitative estimate of drug-likeness (QED) is 0.503. The summed E-state index contributed by atoms with van der Waals surface area (Å²) in [5, 5.41) is 13.4. The fraction of sp³-hybridized carbons (Fsp3) is 0.455. The third kappa shape index (κ3) is 3.99. The van der Waals surface area contributed by atoms with Crippen molar-refractivity contribution in [1.82, 2.24) is 24.8 Å². The molecule has 1 aliphatic heterocycles. The molecular formula is C22H27N5O6. The van der Waals surface area contributed by atoms with Crippen molar-refractivity contribution in [3.05, 3.63) is 34.2 Å². The number of aromatic amines is 1. The number of likely N-dealkylation sites (tertiary alicyclic amines) is 1. The van der Waals surface area contributed by atoms with E-state index < -0.39 is 5.60 Å². The van der Waals surface area contributed by atoms with Gasteiger partial charge in [0.25, 0.3) is 17.3 Å². The molecule has 2 amide bonds. The van der Waals surface area contributed by atoms with Gasteiger partial charge in [0.15, 0.2) is 0 Å². The number of aryl methyl sites for hydroxylation is 1. The molecule has 3 aromatic rings. The topological polar surface area (TPSA) is 143 Å². The Hall–Kier alpha value is -3.60. The minimum atomic E-state index is -1.39. The van der Waals surface area contributed by atoms with Gasteiger partial charge >= 0.3 is 0 Å². The largest absolute Gasteiger partial charge is 0.473 e. The van der Waals surface area contributed by atoms with Crippen LogP contribution in [0.5, 0.6) is 5.88 Å². The Morgan fingerprint density at radius 1 is 1.39 bits per heavy atom. The zero-order valence-corrected chi connectivity index (χ0v) is 19.2. The minimum absolute atomic E-state index is 0.0346. The second-order valence-corrected chi connectivity index (χ2v) is 8.73. The van der Waals surface area contributed by atoms with Crippen molar-refractivity contribution in [1.29, 1.82) is 0 Å². The molecule has 1 unspecified atom stereocenters. The van der Waals surface area contributed by atoms with E-state index in [1.165, 1.54) is 25.5 Å². The first-order valence-electron chi connectivity index (χ1n) is 10.6. The van der Waals surface area contributed by atoms with Crippen molar-refractivity contribution in [3.63, 3.8) is 0 Å². The highest BCUT2D eigenvalue weighted by atomic mass is 16.5. The number of hydrogen-bond donors (Lipinski definition) is 3. The minimum Gasteiger partial charge on any atom is -0.473 e. The number of oxazole rings is 1. The summed E-state index contributed by atoms with van der Waals surface area (Å²) >= 11 is 0. The van der Waals surface area contributed by atoms with Gasteiger partial charge in [-0.2, -0.15) is 4.98 Å². The van der Waals surface area contributed by atoms with Crippen molar-refractivity contribution >= 4 is 22.7 Å². The fourth-order valence-corrected chi connectivity index (χ4v) is 3.84. The fourth-order valence-electron chi connectivity index (χ4n) is 3.84. The molecule has 1 saturated heterocycles. The summed E-state index contributed by atoms with van der Waals surface area (Å²) < 4.78 is 13.3. The first-order chi connectivity index (χ1) is 15.5. The molecule has 4 heterocycles. The van der Waals surface area contributed by atoms with E-state index in [0.29, 0.717) is 23.8 Å². The molecule has 0 aliphatic carbocycles. The molecule has 0 saturated carbocycles. The van der Waals surface area contributed by atoms with Gasteiger partial charge in [0.1, 0.15) is 23.4 Å². The van der Waals surface area contributed by atoms with Crippen LogP contribution in [0.4, 0.5) is 0 Å². The Balaban J connectivity index is 1.84. The van der Waals surface area contributed by atoms with Crippen molar-refractivity contribution < 1.29 is 23.8 Å². The molecule has 1 fully saturated rings. The molecule has 0 spiro atoms. The van der Waals surface area contributed by atoms with Crippen LogP contribution in [0.15, 0.2) is 21.5 Å². The molecule has 3 N–H and O–H groups in total. The summed E-state index contributed by atoms with van der Waals surface area (Å²) in [7, 11) is 4.81. The van der Waals surface area contributed by atoms with E-state index in [1.54, 1.807) is 31.3 Å². The zero-order valence-electron chi connectivity index (χ0n) is 19.2. The van der Waals surface area contributed by atoms with Gasteiger partial charge < -0.3 is 34.0 Å². The van der Waals surface area contributed by atoms with Crippen LogP contribution in [0.3, 0.4) is 0 Å². The molecular weight excluding hydrogens is 430 g/mol. The normalized spacial score (nSPS) is 16.6. The van der Waals surface area contributed by atoms with E-state index in [9.17, 15) is 19.5 Å². The molecule has 11 heteroatoms. The lowest BCUT2D eigenvalue weighted by Crippen LogP contribution is -2.33. The van der Waals surface area contributed by atoms with Crippen LogP contribution in [0, 0.1) is 0 Å². The number of H-pyrrole nitrogens is 1. The van der Waals surface area contributed by atoms with Crippen molar-refractivity contribution in [2.45, 2.75) is 38.3 Å². The van der Waals surface area contributed by atoms with Crippen molar-refractivity contribution in [2.75, 3.05) is 20.7 Å². The number of rotatable bonds is 6. The SMILES string of the molecule is CNC(=O)c1cc2c(-c3oc(C(C)(C)O)nc3OCC3CCC(=O)N3C)cn(C)c(=O)c2[nH]1. The molecule has 1 aliphatic rings. The maximum Gasteiger partial charge on any atom is 0.274 e. The number of pyridine rings is 1. The molecule has 1 atom stereocenters. The van der Waals surface area contributed by atoms with Gasteiger partial charge in [0, 0.05) is 44.7 Å². The van der Waals surface area contributed by atoms with E-state index in [0.717, 1.165) is 0 Å². The number of hydrogen-bond acceptors (Lipinski definition) is 7. The molecule has 176 valence electrons. The number of ether oxygens (including phenoxy) is 1. The van der Waals surface area contributed by atoms with Crippen LogP contribution in [-0.2, 0) is 17.4 Å². The van der Waals surface area contributed by atoms with Gasteiger partial charge in [-0.05, 0) is 26.3 Å². The van der Waals surface area contributed by atoms with E-state index >= 15 is 0 Å². The zero-order chi connectivity index (χ0) is 24.1. The average molecular weight is 457 g/mol. The number of likely N-dealkylation sites (N-methyl/N-ethyl adjacent to an activating group) is 1. The summed E-state index contributed by atoms with van der Waals surface area (Å²) in [6, 6.07) is 1.45. The Kier molecular flexibility index (Phi) is 5.52. The highest BCUT2D eigenvalue weighted by Gasteiger charge is 2.32. The van der Waals surface area contributed by atoms with Gasteiger partial charge in [-0.1, -0.05) is 0 Å². The molecule has 0 bridgehead atoms. The Morgan fingerprint density at radius 3 is 2.73 bits per heavy atom. The third-order valence-electron chi connectivity index (χ3n) is 5.85. The average Bonchev–Trinajstić information content (AvgIpc) is 3.47. The monoisotopic (exact) mass is 457 g/mol. The van der Waals surface area contributed by atoms with Gasteiger partial charge in [0.05, 0.1) is 6.04 Å². The molecule has 11 nitrogen and oxygen atoms in total. The van der Waals surface area contributed by atoms with E-state index in [-0.39, 0.29) is 58.8 Å². The van der Waals surface area contributed by atoms with Crippen molar-refractivity contribution in [2.24, 2.45) is 7.05 Å². The molecule has 4 rings (SSSR count). The van der Waals surface area contributed by atoms with Gasteiger partial charge in [-0.25, -0.2) is 0 Å². The number of aromatic nitrogens is 3.